The highest BCUT2D eigenvalue weighted by Gasteiger charge is 2.33. The number of sulfonamides is 1. The van der Waals surface area contributed by atoms with Crippen molar-refractivity contribution in [1.29, 1.82) is 0 Å². The molecule has 0 aliphatic rings. The molecule has 0 aromatic heterocycles. The summed E-state index contributed by atoms with van der Waals surface area (Å²) < 4.78 is 28.8. The van der Waals surface area contributed by atoms with E-state index >= 15 is 0 Å². The van der Waals surface area contributed by atoms with Crippen molar-refractivity contribution < 1.29 is 18.0 Å². The van der Waals surface area contributed by atoms with Crippen LogP contribution < -0.4 is 9.62 Å². The molecular formula is C29H32Cl3N3O4S. The maximum Gasteiger partial charge on any atom is 0.264 e. The fourth-order valence-corrected chi connectivity index (χ4v) is 6.00. The molecule has 0 aliphatic heterocycles. The Hall–Kier alpha value is -2.78. The van der Waals surface area contributed by atoms with Gasteiger partial charge in [-0.1, -0.05) is 59.9 Å². The maximum atomic E-state index is 14.0. The quantitative estimate of drug-likeness (QED) is 0.265. The third-order valence-electron chi connectivity index (χ3n) is 6.53. The minimum Gasteiger partial charge on any atom is -0.352 e. The second-order valence-corrected chi connectivity index (χ2v) is 12.6. The largest absolute Gasteiger partial charge is 0.352 e. The first-order valence-electron chi connectivity index (χ1n) is 12.7. The van der Waals surface area contributed by atoms with Crippen molar-refractivity contribution in [1.82, 2.24) is 10.2 Å². The predicted molar refractivity (Wildman–Crippen MR) is 162 cm³/mol. The zero-order chi connectivity index (χ0) is 29.6. The van der Waals surface area contributed by atoms with E-state index < -0.39 is 28.5 Å². The fourth-order valence-electron chi connectivity index (χ4n) is 3.95. The number of aryl methyl sites for hydroxylation is 1. The number of carbonyl (C=O) groups is 2. The molecule has 0 spiro atoms. The molecule has 2 atom stereocenters. The van der Waals surface area contributed by atoms with E-state index in [1.54, 1.807) is 43.3 Å². The summed E-state index contributed by atoms with van der Waals surface area (Å²) in [4.78, 5) is 28.4. The molecule has 0 saturated carbocycles. The van der Waals surface area contributed by atoms with Crippen LogP contribution in [0.4, 0.5) is 5.69 Å². The average Bonchev–Trinajstić information content (AvgIpc) is 2.91. The Kier molecular flexibility index (Phi) is 10.9. The van der Waals surface area contributed by atoms with Crippen LogP contribution in [0.3, 0.4) is 0 Å². The fraction of sp³-hybridized carbons (Fsp3) is 0.310. The minimum atomic E-state index is -4.20. The smallest absolute Gasteiger partial charge is 0.264 e. The summed E-state index contributed by atoms with van der Waals surface area (Å²) in [5, 5.41) is 3.91. The van der Waals surface area contributed by atoms with Crippen LogP contribution in [0, 0.1) is 6.92 Å². The lowest BCUT2D eigenvalue weighted by Crippen LogP contribution is -2.52. The minimum absolute atomic E-state index is 0.0329. The second-order valence-electron chi connectivity index (χ2n) is 9.52. The van der Waals surface area contributed by atoms with Crippen molar-refractivity contribution >= 4 is 62.3 Å². The van der Waals surface area contributed by atoms with Gasteiger partial charge in [0.1, 0.15) is 12.6 Å². The molecule has 0 fully saturated rings. The molecule has 40 heavy (non-hydrogen) atoms. The molecule has 3 aromatic carbocycles. The molecule has 0 saturated heterocycles. The highest BCUT2D eigenvalue weighted by atomic mass is 35.5. The molecule has 0 radical (unpaired) electrons. The summed E-state index contributed by atoms with van der Waals surface area (Å²) in [5.74, 6) is -0.990. The first-order valence-corrected chi connectivity index (χ1v) is 15.3. The van der Waals surface area contributed by atoms with Crippen LogP contribution in [0.5, 0.6) is 0 Å². The van der Waals surface area contributed by atoms with Crippen molar-refractivity contribution in [3.8, 4) is 0 Å². The van der Waals surface area contributed by atoms with Crippen LogP contribution in [0.25, 0.3) is 0 Å². The topological polar surface area (TPSA) is 86.8 Å². The number of hydrogen-bond donors (Lipinski definition) is 1. The van der Waals surface area contributed by atoms with E-state index in [0.717, 1.165) is 9.87 Å². The first-order chi connectivity index (χ1) is 18.8. The van der Waals surface area contributed by atoms with Crippen LogP contribution in [0.2, 0.25) is 15.1 Å². The van der Waals surface area contributed by atoms with E-state index in [4.69, 9.17) is 34.8 Å². The monoisotopic (exact) mass is 623 g/mol. The van der Waals surface area contributed by atoms with Gasteiger partial charge in [0, 0.05) is 33.2 Å². The molecule has 0 heterocycles. The summed E-state index contributed by atoms with van der Waals surface area (Å²) in [7, 11) is -4.20. The number of benzene rings is 3. The SMILES string of the molecule is CC[C@H](C)NC(=O)[C@@H](C)N(Cc1c(Cl)cccc1Cl)C(=O)CN(c1cccc(C)c1)S(=O)(=O)c1ccc(Cl)cc1. The lowest BCUT2D eigenvalue weighted by atomic mass is 10.1. The lowest BCUT2D eigenvalue weighted by Gasteiger charge is -2.33. The van der Waals surface area contributed by atoms with Gasteiger partial charge in [0.2, 0.25) is 11.8 Å². The summed E-state index contributed by atoms with van der Waals surface area (Å²) in [5.41, 5.74) is 1.56. The summed E-state index contributed by atoms with van der Waals surface area (Å²) in [6, 6.07) is 16.4. The second kappa shape index (κ2) is 13.7. The molecule has 11 heteroatoms. The van der Waals surface area contributed by atoms with Crippen molar-refractivity contribution in [3.05, 3.63) is 92.9 Å². The third kappa shape index (κ3) is 7.69. The van der Waals surface area contributed by atoms with Crippen LogP contribution in [0.15, 0.2) is 71.6 Å². The molecule has 0 aliphatic carbocycles. The van der Waals surface area contributed by atoms with Crippen LogP contribution in [-0.2, 0) is 26.2 Å². The van der Waals surface area contributed by atoms with Gasteiger partial charge in [0.25, 0.3) is 10.0 Å². The Morgan fingerprint density at radius 3 is 2.10 bits per heavy atom. The molecule has 2 amide bonds. The molecular weight excluding hydrogens is 593 g/mol. The maximum absolute atomic E-state index is 14.0. The van der Waals surface area contributed by atoms with Gasteiger partial charge in [-0.15, -0.1) is 0 Å². The van der Waals surface area contributed by atoms with Crippen molar-refractivity contribution in [2.75, 3.05) is 10.8 Å². The van der Waals surface area contributed by atoms with Gasteiger partial charge in [-0.2, -0.15) is 0 Å². The number of nitrogens with one attached hydrogen (secondary N) is 1. The third-order valence-corrected chi connectivity index (χ3v) is 9.28. The lowest BCUT2D eigenvalue weighted by molar-refractivity contribution is -0.139. The summed E-state index contributed by atoms with van der Waals surface area (Å²) in [6.07, 6.45) is 0.698. The molecule has 0 unspecified atom stereocenters. The van der Waals surface area contributed by atoms with Gasteiger partial charge >= 0.3 is 0 Å². The van der Waals surface area contributed by atoms with E-state index in [-0.39, 0.29) is 23.4 Å². The Morgan fingerprint density at radius 1 is 0.925 bits per heavy atom. The van der Waals surface area contributed by atoms with Crippen molar-refractivity contribution in [2.45, 2.75) is 57.6 Å². The van der Waals surface area contributed by atoms with Crippen LogP contribution in [0.1, 0.15) is 38.3 Å². The normalized spacial score (nSPS) is 12.9. The Labute approximate surface area is 251 Å². The van der Waals surface area contributed by atoms with Crippen LogP contribution in [-0.4, -0.2) is 43.8 Å². The molecule has 3 rings (SSSR count). The average molecular weight is 625 g/mol. The molecule has 3 aromatic rings. The van der Waals surface area contributed by atoms with Gasteiger partial charge in [-0.3, -0.25) is 13.9 Å². The Balaban J connectivity index is 2.07. The van der Waals surface area contributed by atoms with Gasteiger partial charge in [0.05, 0.1) is 10.6 Å². The summed E-state index contributed by atoms with van der Waals surface area (Å²) in [6.45, 7) is 6.53. The number of anilines is 1. The number of rotatable bonds is 11. The zero-order valence-corrected chi connectivity index (χ0v) is 25.8. The number of nitrogens with zero attached hydrogens (tertiary/aromatic N) is 2. The molecule has 7 nitrogen and oxygen atoms in total. The van der Waals surface area contributed by atoms with Gasteiger partial charge in [0.15, 0.2) is 0 Å². The highest BCUT2D eigenvalue weighted by Crippen LogP contribution is 2.29. The Morgan fingerprint density at radius 2 is 1.52 bits per heavy atom. The van der Waals surface area contributed by atoms with E-state index in [1.807, 2.05) is 26.8 Å². The Bertz CT molecular complexity index is 1450. The van der Waals surface area contributed by atoms with Crippen molar-refractivity contribution in [2.24, 2.45) is 0 Å². The number of hydrogen-bond acceptors (Lipinski definition) is 4. The van der Waals surface area contributed by atoms with E-state index in [2.05, 4.69) is 5.32 Å². The molecule has 214 valence electrons. The molecule has 0 bridgehead atoms. The number of halogens is 3. The standard InChI is InChI=1S/C29H32Cl3N3O4S/c1-5-20(3)33-29(37)21(4)34(17-25-26(31)10-7-11-27(25)32)28(36)18-35(23-9-6-8-19(2)16-23)40(38,39)24-14-12-22(30)13-15-24/h6-16,20-21H,5,17-18H2,1-4H3,(H,33,37)/t20-,21+/m0/s1. The van der Waals surface area contributed by atoms with Crippen LogP contribution >= 0.6 is 34.8 Å². The van der Waals surface area contributed by atoms with Gasteiger partial charge < -0.3 is 10.2 Å². The van der Waals surface area contributed by atoms with Gasteiger partial charge in [-0.05, 0) is 81.3 Å². The van der Waals surface area contributed by atoms with Gasteiger partial charge in [-0.25, -0.2) is 8.42 Å². The number of amides is 2. The zero-order valence-electron chi connectivity index (χ0n) is 22.7. The predicted octanol–water partition coefficient (Wildman–Crippen LogP) is 6.48. The number of carbonyl (C=O) groups excluding carboxylic acids is 2. The molecule has 1 N–H and O–H groups in total. The van der Waals surface area contributed by atoms with Crippen molar-refractivity contribution in [3.63, 3.8) is 0 Å². The van der Waals surface area contributed by atoms with E-state index in [0.29, 0.717) is 32.7 Å². The van der Waals surface area contributed by atoms with E-state index in [9.17, 15) is 18.0 Å². The van der Waals surface area contributed by atoms with E-state index in [1.165, 1.54) is 29.2 Å². The highest BCUT2D eigenvalue weighted by molar-refractivity contribution is 7.92. The first kappa shape index (κ1) is 31.7. The summed E-state index contributed by atoms with van der Waals surface area (Å²) >= 11 is 18.8.